The normalized spacial score (nSPS) is 9.69. The van der Waals surface area contributed by atoms with Crippen molar-refractivity contribution in [3.63, 3.8) is 0 Å². The van der Waals surface area contributed by atoms with Crippen LogP contribution in [0.3, 0.4) is 0 Å². The zero-order valence-corrected chi connectivity index (χ0v) is 8.24. The molecule has 3 N–H and O–H groups in total. The first-order chi connectivity index (χ1) is 6.19. The average molecular weight is 246 g/mol. The predicted molar refractivity (Wildman–Crippen MR) is 53.5 cm³/mol. The van der Waals surface area contributed by atoms with Crippen LogP contribution < -0.4 is 11.3 Å². The minimum atomic E-state index is -0.479. The number of anilines is 1. The molecule has 0 aliphatic carbocycles. The van der Waals surface area contributed by atoms with E-state index in [9.17, 15) is 10.1 Å². The number of hydrogen-bond acceptors (Lipinski definition) is 4. The van der Waals surface area contributed by atoms with E-state index in [-0.39, 0.29) is 5.69 Å². The number of hydrazine groups is 1. The standard InChI is InChI=1S/C7H8BrN3O2/c8-4-5-1-2-7(11(12)13)6(3-5)10-9/h1-3,10H,4,9H2. The van der Waals surface area contributed by atoms with Crippen molar-refractivity contribution in [1.29, 1.82) is 0 Å². The third kappa shape index (κ3) is 2.16. The van der Waals surface area contributed by atoms with E-state index < -0.39 is 4.92 Å². The van der Waals surface area contributed by atoms with Gasteiger partial charge in [-0.2, -0.15) is 0 Å². The molecule has 1 aromatic rings. The van der Waals surface area contributed by atoms with Crippen molar-refractivity contribution in [2.75, 3.05) is 5.43 Å². The van der Waals surface area contributed by atoms with Gasteiger partial charge in [0.25, 0.3) is 5.69 Å². The van der Waals surface area contributed by atoms with Crippen molar-refractivity contribution in [1.82, 2.24) is 0 Å². The molecule has 5 nitrogen and oxygen atoms in total. The molecule has 0 unspecified atom stereocenters. The Kier molecular flexibility index (Phi) is 3.21. The Balaban J connectivity index is 3.15. The summed E-state index contributed by atoms with van der Waals surface area (Å²) in [6.07, 6.45) is 0. The second-order valence-electron chi connectivity index (χ2n) is 2.39. The van der Waals surface area contributed by atoms with E-state index in [1.54, 1.807) is 12.1 Å². The summed E-state index contributed by atoms with van der Waals surface area (Å²) in [4.78, 5) is 10.00. The topological polar surface area (TPSA) is 81.2 Å². The van der Waals surface area contributed by atoms with Gasteiger partial charge < -0.3 is 5.43 Å². The quantitative estimate of drug-likeness (QED) is 0.368. The molecule has 0 spiro atoms. The molecule has 0 bridgehead atoms. The highest BCUT2D eigenvalue weighted by molar-refractivity contribution is 9.08. The van der Waals surface area contributed by atoms with Crippen molar-refractivity contribution in [3.05, 3.63) is 33.9 Å². The molecule has 0 amide bonds. The average Bonchev–Trinajstić information content (AvgIpc) is 2.16. The van der Waals surface area contributed by atoms with Gasteiger partial charge in [-0.05, 0) is 11.6 Å². The maximum atomic E-state index is 10.5. The van der Waals surface area contributed by atoms with Crippen LogP contribution in [0.1, 0.15) is 5.56 Å². The minimum absolute atomic E-state index is 0.0211. The Bertz CT molecular complexity index is 330. The van der Waals surface area contributed by atoms with E-state index in [0.29, 0.717) is 11.0 Å². The summed E-state index contributed by atoms with van der Waals surface area (Å²) < 4.78 is 0. The highest BCUT2D eigenvalue weighted by Gasteiger charge is 2.12. The van der Waals surface area contributed by atoms with Crippen LogP contribution in [-0.2, 0) is 5.33 Å². The fraction of sp³-hybridized carbons (Fsp3) is 0.143. The Labute approximate surface area is 83.2 Å². The molecule has 0 fully saturated rings. The van der Waals surface area contributed by atoms with Gasteiger partial charge >= 0.3 is 0 Å². The number of alkyl halides is 1. The smallest absolute Gasteiger partial charge is 0.293 e. The van der Waals surface area contributed by atoms with E-state index in [2.05, 4.69) is 21.4 Å². The molecule has 6 heteroatoms. The van der Waals surface area contributed by atoms with Gasteiger partial charge in [0.05, 0.1) is 4.92 Å². The number of benzene rings is 1. The van der Waals surface area contributed by atoms with Crippen LogP contribution in [0, 0.1) is 10.1 Å². The fourth-order valence-corrected chi connectivity index (χ4v) is 1.29. The monoisotopic (exact) mass is 245 g/mol. The van der Waals surface area contributed by atoms with Crippen LogP contribution >= 0.6 is 15.9 Å². The van der Waals surface area contributed by atoms with Gasteiger partial charge in [-0.3, -0.25) is 16.0 Å². The van der Waals surface area contributed by atoms with Crippen molar-refractivity contribution in [3.8, 4) is 0 Å². The van der Waals surface area contributed by atoms with Crippen molar-refractivity contribution < 1.29 is 4.92 Å². The first-order valence-electron chi connectivity index (χ1n) is 3.49. The second-order valence-corrected chi connectivity index (χ2v) is 2.95. The van der Waals surface area contributed by atoms with Gasteiger partial charge in [0.2, 0.25) is 0 Å². The number of nitro groups is 1. The third-order valence-corrected chi connectivity index (χ3v) is 2.21. The van der Waals surface area contributed by atoms with Crippen LogP contribution in [0.2, 0.25) is 0 Å². The summed E-state index contributed by atoms with van der Waals surface area (Å²) in [5.74, 6) is 5.14. The summed E-state index contributed by atoms with van der Waals surface area (Å²) in [5.41, 5.74) is 3.52. The van der Waals surface area contributed by atoms with E-state index >= 15 is 0 Å². The minimum Gasteiger partial charge on any atom is -0.318 e. The molecule has 1 rings (SSSR count). The Morgan fingerprint density at radius 3 is 2.77 bits per heavy atom. The summed E-state index contributed by atoms with van der Waals surface area (Å²) in [5, 5.41) is 11.1. The van der Waals surface area contributed by atoms with Gasteiger partial charge in [-0.15, -0.1) is 0 Å². The van der Waals surface area contributed by atoms with Gasteiger partial charge in [-0.1, -0.05) is 22.0 Å². The van der Waals surface area contributed by atoms with E-state index in [0.717, 1.165) is 5.56 Å². The molecule has 0 saturated carbocycles. The zero-order valence-electron chi connectivity index (χ0n) is 6.66. The molecule has 0 radical (unpaired) electrons. The molecule has 0 aliphatic heterocycles. The van der Waals surface area contributed by atoms with Gasteiger partial charge in [0.1, 0.15) is 5.69 Å². The number of nitrogens with zero attached hydrogens (tertiary/aromatic N) is 1. The molecule has 0 saturated heterocycles. The molecule has 70 valence electrons. The number of nitrogens with one attached hydrogen (secondary N) is 1. The molecule has 0 heterocycles. The lowest BCUT2D eigenvalue weighted by atomic mass is 10.2. The molecular weight excluding hydrogens is 238 g/mol. The molecule has 0 atom stereocenters. The summed E-state index contributed by atoms with van der Waals surface area (Å²) >= 11 is 3.24. The van der Waals surface area contributed by atoms with Crippen LogP contribution in [0.5, 0.6) is 0 Å². The molecule has 0 aromatic heterocycles. The second kappa shape index (κ2) is 4.20. The predicted octanol–water partition coefficient (Wildman–Crippen LogP) is 1.78. The van der Waals surface area contributed by atoms with Gasteiger partial charge in [0, 0.05) is 11.4 Å². The number of nitrogen functional groups attached to an aromatic ring is 1. The Morgan fingerprint density at radius 1 is 1.62 bits per heavy atom. The number of nitro benzene ring substituents is 1. The molecular formula is C7H8BrN3O2. The van der Waals surface area contributed by atoms with E-state index in [4.69, 9.17) is 5.84 Å². The number of rotatable bonds is 3. The van der Waals surface area contributed by atoms with Crippen LogP contribution in [-0.4, -0.2) is 4.92 Å². The molecule has 13 heavy (non-hydrogen) atoms. The largest absolute Gasteiger partial charge is 0.318 e. The van der Waals surface area contributed by atoms with Crippen molar-refractivity contribution in [2.45, 2.75) is 5.33 Å². The summed E-state index contributed by atoms with van der Waals surface area (Å²) in [6, 6.07) is 4.73. The summed E-state index contributed by atoms with van der Waals surface area (Å²) in [6.45, 7) is 0. The number of nitrogens with two attached hydrogens (primary N) is 1. The highest BCUT2D eigenvalue weighted by atomic mass is 79.9. The van der Waals surface area contributed by atoms with E-state index in [1.807, 2.05) is 0 Å². The first-order valence-corrected chi connectivity index (χ1v) is 4.61. The molecule has 1 aromatic carbocycles. The van der Waals surface area contributed by atoms with E-state index in [1.165, 1.54) is 6.07 Å². The molecule has 0 aliphatic rings. The Hall–Kier alpha value is -1.14. The van der Waals surface area contributed by atoms with Crippen LogP contribution in [0.25, 0.3) is 0 Å². The Morgan fingerprint density at radius 2 is 2.31 bits per heavy atom. The van der Waals surface area contributed by atoms with Crippen LogP contribution in [0.4, 0.5) is 11.4 Å². The summed E-state index contributed by atoms with van der Waals surface area (Å²) in [7, 11) is 0. The van der Waals surface area contributed by atoms with Gasteiger partial charge in [0.15, 0.2) is 0 Å². The SMILES string of the molecule is NNc1cc(CBr)ccc1[N+](=O)[O-]. The third-order valence-electron chi connectivity index (χ3n) is 1.57. The highest BCUT2D eigenvalue weighted by Crippen LogP contribution is 2.25. The van der Waals surface area contributed by atoms with Gasteiger partial charge in [-0.25, -0.2) is 0 Å². The maximum Gasteiger partial charge on any atom is 0.293 e. The lowest BCUT2D eigenvalue weighted by molar-refractivity contribution is -0.384. The first kappa shape index (κ1) is 9.94. The lowest BCUT2D eigenvalue weighted by Crippen LogP contribution is -2.09. The lowest BCUT2D eigenvalue weighted by Gasteiger charge is -2.02. The van der Waals surface area contributed by atoms with Crippen LogP contribution in [0.15, 0.2) is 18.2 Å². The number of halogens is 1. The maximum absolute atomic E-state index is 10.5. The zero-order chi connectivity index (χ0) is 9.84. The van der Waals surface area contributed by atoms with Crippen molar-refractivity contribution >= 4 is 27.3 Å². The van der Waals surface area contributed by atoms with Crippen molar-refractivity contribution in [2.24, 2.45) is 5.84 Å². The fourth-order valence-electron chi connectivity index (χ4n) is 0.941. The number of hydrogen-bond donors (Lipinski definition) is 2.